The predicted octanol–water partition coefficient (Wildman–Crippen LogP) is 2.68. The minimum atomic E-state index is 0.437. The largest absolute Gasteiger partial charge is 0.320 e. The Morgan fingerprint density at radius 3 is 3.11 bits per heavy atom. The minimum absolute atomic E-state index is 0.437. The van der Waals surface area contributed by atoms with Crippen molar-refractivity contribution in [1.82, 2.24) is 4.90 Å². The first-order valence-corrected chi connectivity index (χ1v) is 7.59. The van der Waals surface area contributed by atoms with E-state index in [0.717, 1.165) is 24.1 Å². The third-order valence-corrected chi connectivity index (χ3v) is 4.45. The van der Waals surface area contributed by atoms with Crippen molar-refractivity contribution in [3.05, 3.63) is 21.9 Å². The topological polar surface area (TPSA) is 29.3 Å². The molecule has 2 nitrogen and oxygen atoms in total. The molecule has 1 atom stereocenters. The molecular formula is C15H22N2S. The van der Waals surface area contributed by atoms with Gasteiger partial charge in [0.05, 0.1) is 6.54 Å². The summed E-state index contributed by atoms with van der Waals surface area (Å²) in [5.74, 6) is 6.76. The van der Waals surface area contributed by atoms with E-state index in [2.05, 4.69) is 42.0 Å². The van der Waals surface area contributed by atoms with Crippen LogP contribution in [-0.4, -0.2) is 24.0 Å². The van der Waals surface area contributed by atoms with Crippen molar-refractivity contribution in [2.24, 2.45) is 11.7 Å². The molecule has 0 radical (unpaired) electrons. The highest BCUT2D eigenvalue weighted by atomic mass is 32.1. The summed E-state index contributed by atoms with van der Waals surface area (Å²) in [4.78, 5) is 4.04. The van der Waals surface area contributed by atoms with Crippen molar-refractivity contribution in [1.29, 1.82) is 0 Å². The fourth-order valence-electron chi connectivity index (χ4n) is 2.69. The Morgan fingerprint density at radius 1 is 1.56 bits per heavy atom. The van der Waals surface area contributed by atoms with Gasteiger partial charge in [0.25, 0.3) is 0 Å². The molecule has 0 spiro atoms. The van der Waals surface area contributed by atoms with Crippen molar-refractivity contribution < 1.29 is 0 Å². The van der Waals surface area contributed by atoms with Gasteiger partial charge >= 0.3 is 0 Å². The van der Waals surface area contributed by atoms with Gasteiger partial charge in [-0.1, -0.05) is 25.7 Å². The van der Waals surface area contributed by atoms with Crippen LogP contribution in [0.15, 0.2) is 11.4 Å². The van der Waals surface area contributed by atoms with E-state index in [9.17, 15) is 0 Å². The van der Waals surface area contributed by atoms with Crippen molar-refractivity contribution >= 4 is 11.3 Å². The number of nitrogens with zero attached hydrogens (tertiary/aromatic N) is 1. The summed E-state index contributed by atoms with van der Waals surface area (Å²) < 4.78 is 0. The van der Waals surface area contributed by atoms with Crippen LogP contribution in [-0.2, 0) is 6.54 Å². The van der Waals surface area contributed by atoms with E-state index in [-0.39, 0.29) is 0 Å². The van der Waals surface area contributed by atoms with Gasteiger partial charge in [-0.15, -0.1) is 11.3 Å². The molecule has 0 bridgehead atoms. The Labute approximate surface area is 114 Å². The van der Waals surface area contributed by atoms with E-state index < -0.39 is 0 Å². The molecule has 0 aliphatic carbocycles. The SMILES string of the molecule is CC(C)C1CCCN1Cc1cc(C#CCN)cs1. The molecule has 0 saturated carbocycles. The molecule has 1 aliphatic heterocycles. The molecule has 1 aliphatic rings. The predicted molar refractivity (Wildman–Crippen MR) is 78.5 cm³/mol. The second-order valence-electron chi connectivity index (χ2n) is 5.23. The molecule has 2 N–H and O–H groups in total. The van der Waals surface area contributed by atoms with E-state index in [0.29, 0.717) is 6.54 Å². The number of hydrogen-bond acceptors (Lipinski definition) is 3. The molecule has 1 fully saturated rings. The van der Waals surface area contributed by atoms with Gasteiger partial charge in [0.15, 0.2) is 0 Å². The zero-order valence-corrected chi connectivity index (χ0v) is 12.1. The van der Waals surface area contributed by atoms with E-state index in [4.69, 9.17) is 5.73 Å². The fourth-order valence-corrected chi connectivity index (χ4v) is 3.53. The average molecular weight is 262 g/mol. The van der Waals surface area contributed by atoms with Crippen LogP contribution < -0.4 is 5.73 Å². The Kier molecular flexibility index (Phi) is 4.82. The Bertz CT molecular complexity index is 439. The third-order valence-electron chi connectivity index (χ3n) is 3.53. The van der Waals surface area contributed by atoms with Crippen molar-refractivity contribution in [2.45, 2.75) is 39.3 Å². The molecule has 0 amide bonds. The van der Waals surface area contributed by atoms with Gasteiger partial charge in [0, 0.05) is 28.4 Å². The van der Waals surface area contributed by atoms with Crippen LogP contribution in [0.2, 0.25) is 0 Å². The number of rotatable bonds is 3. The highest BCUT2D eigenvalue weighted by molar-refractivity contribution is 7.10. The molecule has 1 saturated heterocycles. The first kappa shape index (κ1) is 13.6. The lowest BCUT2D eigenvalue weighted by atomic mass is 10.0. The lowest BCUT2D eigenvalue weighted by Gasteiger charge is -2.26. The molecule has 1 unspecified atom stereocenters. The Balaban J connectivity index is 1.98. The minimum Gasteiger partial charge on any atom is -0.320 e. The van der Waals surface area contributed by atoms with Gasteiger partial charge in [-0.2, -0.15) is 0 Å². The second-order valence-corrected chi connectivity index (χ2v) is 6.23. The van der Waals surface area contributed by atoms with Gasteiger partial charge in [0.2, 0.25) is 0 Å². The van der Waals surface area contributed by atoms with E-state index in [1.807, 2.05) is 11.3 Å². The molecule has 1 aromatic heterocycles. The van der Waals surface area contributed by atoms with Crippen molar-refractivity contribution in [3.8, 4) is 11.8 Å². The van der Waals surface area contributed by atoms with Crippen LogP contribution in [0.25, 0.3) is 0 Å². The number of nitrogens with two attached hydrogens (primary N) is 1. The molecule has 3 heteroatoms. The molecule has 18 heavy (non-hydrogen) atoms. The monoisotopic (exact) mass is 262 g/mol. The van der Waals surface area contributed by atoms with Crippen LogP contribution in [0.5, 0.6) is 0 Å². The second kappa shape index (κ2) is 6.38. The highest BCUT2D eigenvalue weighted by Gasteiger charge is 2.26. The summed E-state index contributed by atoms with van der Waals surface area (Å²) in [5, 5.41) is 2.14. The third kappa shape index (κ3) is 3.35. The first-order chi connectivity index (χ1) is 8.70. The van der Waals surface area contributed by atoms with Crippen LogP contribution in [0, 0.1) is 17.8 Å². The van der Waals surface area contributed by atoms with E-state index in [1.54, 1.807) is 0 Å². The summed E-state index contributed by atoms with van der Waals surface area (Å²) in [6.07, 6.45) is 2.69. The van der Waals surface area contributed by atoms with Crippen LogP contribution in [0.3, 0.4) is 0 Å². The Hall–Kier alpha value is -0.820. The highest BCUT2D eigenvalue weighted by Crippen LogP contribution is 2.27. The van der Waals surface area contributed by atoms with Crippen molar-refractivity contribution in [3.63, 3.8) is 0 Å². The molecule has 0 aromatic carbocycles. The summed E-state index contributed by atoms with van der Waals surface area (Å²) in [7, 11) is 0. The zero-order chi connectivity index (χ0) is 13.0. The van der Waals surface area contributed by atoms with Crippen LogP contribution in [0.1, 0.15) is 37.1 Å². The standard InChI is InChI=1S/C15H22N2S/c1-12(2)15-6-4-8-17(15)10-14-9-13(11-18-14)5-3-7-16/h9,11-12,15H,4,6-8,10,16H2,1-2H3. The number of likely N-dealkylation sites (tertiary alicyclic amines) is 1. The summed E-state index contributed by atoms with van der Waals surface area (Å²) in [6.45, 7) is 7.42. The average Bonchev–Trinajstić information content (AvgIpc) is 2.96. The van der Waals surface area contributed by atoms with Gasteiger partial charge in [-0.25, -0.2) is 0 Å². The van der Waals surface area contributed by atoms with Gasteiger partial charge in [0.1, 0.15) is 0 Å². The quantitative estimate of drug-likeness (QED) is 0.849. The number of hydrogen-bond donors (Lipinski definition) is 1. The lowest BCUT2D eigenvalue weighted by Crippen LogP contribution is -2.32. The summed E-state index contributed by atoms with van der Waals surface area (Å²) in [5.41, 5.74) is 6.50. The molecule has 1 aromatic rings. The lowest BCUT2D eigenvalue weighted by molar-refractivity contribution is 0.200. The smallest absolute Gasteiger partial charge is 0.0555 e. The molecule has 98 valence electrons. The van der Waals surface area contributed by atoms with Gasteiger partial charge in [-0.3, -0.25) is 4.90 Å². The van der Waals surface area contributed by atoms with Gasteiger partial charge < -0.3 is 5.73 Å². The summed E-state index contributed by atoms with van der Waals surface area (Å²) >= 11 is 1.82. The normalized spacial score (nSPS) is 20.1. The summed E-state index contributed by atoms with van der Waals surface area (Å²) in [6, 6.07) is 2.97. The van der Waals surface area contributed by atoms with Crippen LogP contribution >= 0.6 is 11.3 Å². The van der Waals surface area contributed by atoms with Gasteiger partial charge in [-0.05, 0) is 31.4 Å². The maximum atomic E-state index is 5.39. The first-order valence-electron chi connectivity index (χ1n) is 6.71. The maximum absolute atomic E-state index is 5.39. The van der Waals surface area contributed by atoms with Crippen LogP contribution in [0.4, 0.5) is 0 Å². The molecular weight excluding hydrogens is 240 g/mol. The van der Waals surface area contributed by atoms with Crippen molar-refractivity contribution in [2.75, 3.05) is 13.1 Å². The molecule has 2 heterocycles. The number of thiophene rings is 1. The van der Waals surface area contributed by atoms with E-state index >= 15 is 0 Å². The maximum Gasteiger partial charge on any atom is 0.0555 e. The zero-order valence-electron chi connectivity index (χ0n) is 11.3. The van der Waals surface area contributed by atoms with E-state index in [1.165, 1.54) is 24.3 Å². The Morgan fingerprint density at radius 2 is 2.39 bits per heavy atom. The fraction of sp³-hybridized carbons (Fsp3) is 0.600. The molecule has 2 rings (SSSR count).